The van der Waals surface area contributed by atoms with Gasteiger partial charge in [0, 0.05) is 21.5 Å². The summed E-state index contributed by atoms with van der Waals surface area (Å²) in [5, 5.41) is 5.38. The number of fused-ring (bicyclic) bond motifs is 1. The van der Waals surface area contributed by atoms with Crippen LogP contribution in [0.2, 0.25) is 5.02 Å². The minimum absolute atomic E-state index is 0.290. The summed E-state index contributed by atoms with van der Waals surface area (Å²) in [5.41, 5.74) is 0.281. The highest BCUT2D eigenvalue weighted by Gasteiger charge is 2.31. The maximum Gasteiger partial charge on any atom is 0.506 e. The molecule has 2 N–H and O–H groups in total. The molecule has 0 fully saturated rings. The Labute approximate surface area is 169 Å². The van der Waals surface area contributed by atoms with E-state index in [4.69, 9.17) is 11.6 Å². The average molecular weight is 441 g/mol. The van der Waals surface area contributed by atoms with E-state index in [0.29, 0.717) is 10.6 Å². The molecule has 0 aliphatic rings. The summed E-state index contributed by atoms with van der Waals surface area (Å²) < 4.78 is 39.6. The number of hydrogen-bond donors (Lipinski definition) is 2. The first kappa shape index (κ1) is 20.6. The van der Waals surface area contributed by atoms with Crippen LogP contribution in [-0.2, 0) is 9.36 Å². The summed E-state index contributed by atoms with van der Waals surface area (Å²) >= 11 is 7.42. The number of thiophene rings is 1. The summed E-state index contributed by atoms with van der Waals surface area (Å²) in [6.45, 7) is 0. The number of carbonyl (C=O) groups is 1. The van der Waals surface area contributed by atoms with Gasteiger partial charge in [-0.2, -0.15) is 4.89 Å². The highest BCUT2D eigenvalue weighted by molar-refractivity contribution is 7.38. The van der Waals surface area contributed by atoms with Gasteiger partial charge in [-0.3, -0.25) is 4.79 Å². The number of carbonyl (C=O) groups excluding carboxylic acids is 1. The molecule has 1 aromatic heterocycles. The number of hydrogen-bond acceptors (Lipinski definition) is 3. The Balaban J connectivity index is 1.87. The summed E-state index contributed by atoms with van der Waals surface area (Å²) in [5.74, 6) is -3.01. The molecule has 144 valence electrons. The standard InChI is InChI=1S/C19H13ClF2NO3PS/c20-11-4-5-18-13(8-11)15(10-28-18)14(9-27(25)26)19(24)23-7-6-12-16(21)2-1-3-17(12)22/h1-8,10,14H,9H2,(H-,23,24,25,26)/p+1/b7-6+. The Bertz CT molecular complexity index is 1070. The average Bonchev–Trinajstić information content (AvgIpc) is 3.04. The van der Waals surface area contributed by atoms with Gasteiger partial charge in [0.05, 0.1) is 0 Å². The van der Waals surface area contributed by atoms with E-state index in [0.717, 1.165) is 34.5 Å². The molecule has 4 nitrogen and oxygen atoms in total. The zero-order valence-electron chi connectivity index (χ0n) is 14.2. The van der Waals surface area contributed by atoms with Gasteiger partial charge in [-0.1, -0.05) is 17.7 Å². The SMILES string of the molecule is O=C(N/C=C/c1c(F)cccc1F)C(C[P+](=O)O)c1csc2ccc(Cl)cc12. The van der Waals surface area contributed by atoms with Crippen molar-refractivity contribution >= 4 is 53.0 Å². The fraction of sp³-hybridized carbons (Fsp3) is 0.105. The molecule has 2 unspecified atom stereocenters. The molecule has 0 aliphatic heterocycles. The predicted octanol–water partition coefficient (Wildman–Crippen LogP) is 5.44. The third-order valence-corrected chi connectivity index (χ3v) is 5.97. The Morgan fingerprint density at radius 1 is 1.29 bits per heavy atom. The third kappa shape index (κ3) is 4.62. The Kier molecular flexibility index (Phi) is 6.52. The molecule has 1 heterocycles. The van der Waals surface area contributed by atoms with Gasteiger partial charge in [-0.15, -0.1) is 11.3 Å². The fourth-order valence-electron chi connectivity index (χ4n) is 2.75. The zero-order valence-corrected chi connectivity index (χ0v) is 16.7. The lowest BCUT2D eigenvalue weighted by Gasteiger charge is -2.10. The van der Waals surface area contributed by atoms with Gasteiger partial charge in [0.2, 0.25) is 5.91 Å². The maximum atomic E-state index is 13.7. The van der Waals surface area contributed by atoms with E-state index in [1.807, 2.05) is 0 Å². The first-order valence-electron chi connectivity index (χ1n) is 8.08. The van der Waals surface area contributed by atoms with Crippen molar-refractivity contribution in [2.75, 3.05) is 6.16 Å². The van der Waals surface area contributed by atoms with Gasteiger partial charge < -0.3 is 5.32 Å². The second kappa shape index (κ2) is 8.88. The smallest absolute Gasteiger partial charge is 0.332 e. The van der Waals surface area contributed by atoms with Crippen molar-refractivity contribution in [3.05, 3.63) is 75.8 Å². The van der Waals surface area contributed by atoms with E-state index in [9.17, 15) is 23.0 Å². The van der Waals surface area contributed by atoms with Gasteiger partial charge in [-0.05, 0) is 57.3 Å². The summed E-state index contributed by atoms with van der Waals surface area (Å²) in [6.07, 6.45) is 1.92. The van der Waals surface area contributed by atoms with Crippen LogP contribution in [0.5, 0.6) is 0 Å². The first-order chi connectivity index (χ1) is 13.4. The Morgan fingerprint density at radius 3 is 2.68 bits per heavy atom. The van der Waals surface area contributed by atoms with Crippen molar-refractivity contribution in [2.24, 2.45) is 0 Å². The van der Waals surface area contributed by atoms with E-state index in [1.165, 1.54) is 17.4 Å². The van der Waals surface area contributed by atoms with Crippen LogP contribution in [0.1, 0.15) is 17.0 Å². The van der Waals surface area contributed by atoms with E-state index in [2.05, 4.69) is 5.32 Å². The van der Waals surface area contributed by atoms with Gasteiger partial charge in [0.1, 0.15) is 17.6 Å². The topological polar surface area (TPSA) is 66.4 Å². The van der Waals surface area contributed by atoms with Crippen LogP contribution in [0.3, 0.4) is 0 Å². The van der Waals surface area contributed by atoms with Crippen LogP contribution < -0.4 is 5.32 Å². The van der Waals surface area contributed by atoms with Crippen molar-refractivity contribution in [2.45, 2.75) is 5.92 Å². The molecule has 0 spiro atoms. The van der Waals surface area contributed by atoms with E-state index in [-0.39, 0.29) is 11.7 Å². The molecule has 9 heteroatoms. The number of nitrogens with one attached hydrogen (secondary N) is 1. The molecule has 3 aromatic rings. The summed E-state index contributed by atoms with van der Waals surface area (Å²) in [4.78, 5) is 22.0. The minimum Gasteiger partial charge on any atom is -0.332 e. The predicted molar refractivity (Wildman–Crippen MR) is 108 cm³/mol. The van der Waals surface area contributed by atoms with Gasteiger partial charge in [0.15, 0.2) is 6.16 Å². The molecule has 1 amide bonds. The molecular formula is C19H14ClF2NO3PS+. The number of rotatable bonds is 6. The van der Waals surface area contributed by atoms with Crippen molar-refractivity contribution in [1.29, 1.82) is 0 Å². The van der Waals surface area contributed by atoms with Gasteiger partial charge >= 0.3 is 8.03 Å². The molecule has 28 heavy (non-hydrogen) atoms. The zero-order chi connectivity index (χ0) is 20.3. The van der Waals surface area contributed by atoms with Gasteiger partial charge in [-0.25, -0.2) is 8.78 Å². The normalized spacial score (nSPS) is 13.1. The van der Waals surface area contributed by atoms with E-state index >= 15 is 0 Å². The van der Waals surface area contributed by atoms with Crippen molar-refractivity contribution < 1.29 is 23.0 Å². The molecule has 0 bridgehead atoms. The van der Waals surface area contributed by atoms with Crippen molar-refractivity contribution in [1.82, 2.24) is 5.32 Å². The highest BCUT2D eigenvalue weighted by Crippen LogP contribution is 2.36. The van der Waals surface area contributed by atoms with Crippen LogP contribution in [0.15, 0.2) is 48.0 Å². The van der Waals surface area contributed by atoms with Crippen LogP contribution in [0, 0.1) is 11.6 Å². The quantitative estimate of drug-likeness (QED) is 0.502. The third-order valence-electron chi connectivity index (χ3n) is 4.07. The monoisotopic (exact) mass is 440 g/mol. The molecule has 2 aromatic carbocycles. The summed E-state index contributed by atoms with van der Waals surface area (Å²) in [7, 11) is -2.59. The second-order valence-corrected chi connectivity index (χ2v) is 8.31. The maximum absolute atomic E-state index is 13.7. The Morgan fingerprint density at radius 2 is 2.00 bits per heavy atom. The lowest BCUT2D eigenvalue weighted by Crippen LogP contribution is -2.26. The lowest BCUT2D eigenvalue weighted by molar-refractivity contribution is -0.121. The summed E-state index contributed by atoms with van der Waals surface area (Å²) in [6, 6.07) is 8.66. The lowest BCUT2D eigenvalue weighted by atomic mass is 9.99. The van der Waals surface area contributed by atoms with E-state index in [1.54, 1.807) is 23.6 Å². The molecule has 0 saturated heterocycles. The van der Waals surface area contributed by atoms with Crippen molar-refractivity contribution in [3.63, 3.8) is 0 Å². The minimum atomic E-state index is -2.59. The molecular weight excluding hydrogens is 427 g/mol. The van der Waals surface area contributed by atoms with Crippen LogP contribution in [0.25, 0.3) is 16.2 Å². The molecule has 0 saturated carbocycles. The van der Waals surface area contributed by atoms with Gasteiger partial charge in [0.25, 0.3) is 0 Å². The highest BCUT2D eigenvalue weighted by atomic mass is 35.5. The first-order valence-corrected chi connectivity index (χ1v) is 10.7. The fourth-order valence-corrected chi connectivity index (χ4v) is 4.59. The number of amides is 1. The largest absolute Gasteiger partial charge is 0.506 e. The van der Waals surface area contributed by atoms with E-state index < -0.39 is 31.5 Å². The number of halogens is 3. The number of benzene rings is 2. The molecule has 0 radical (unpaired) electrons. The van der Waals surface area contributed by atoms with Crippen LogP contribution >= 0.6 is 31.0 Å². The Hall–Kier alpha value is -2.18. The van der Waals surface area contributed by atoms with Crippen LogP contribution in [-0.4, -0.2) is 17.0 Å². The molecule has 2 atom stereocenters. The van der Waals surface area contributed by atoms with Crippen LogP contribution in [0.4, 0.5) is 8.78 Å². The molecule has 3 rings (SSSR count). The molecule has 0 aliphatic carbocycles. The second-order valence-electron chi connectivity index (χ2n) is 5.90. The van der Waals surface area contributed by atoms with Crippen molar-refractivity contribution in [3.8, 4) is 0 Å².